The van der Waals surface area contributed by atoms with Crippen LogP contribution in [-0.2, 0) is 6.42 Å². The lowest BCUT2D eigenvalue weighted by atomic mass is 9.76. The summed E-state index contributed by atoms with van der Waals surface area (Å²) in [6.07, 6.45) is 0.684. The van der Waals surface area contributed by atoms with Gasteiger partial charge in [-0.1, -0.05) is 6.92 Å². The van der Waals surface area contributed by atoms with Crippen LogP contribution in [0.25, 0.3) is 0 Å². The Bertz CT molecular complexity index is 313. The summed E-state index contributed by atoms with van der Waals surface area (Å²) >= 11 is 0. The summed E-state index contributed by atoms with van der Waals surface area (Å²) in [4.78, 5) is 0. The van der Waals surface area contributed by atoms with E-state index in [1.54, 1.807) is 6.92 Å². The fourth-order valence-corrected chi connectivity index (χ4v) is 1.39. The molecule has 0 heterocycles. The number of rotatable bonds is 2. The zero-order valence-electron chi connectivity index (χ0n) is 7.71. The number of benzene rings is 1. The molecule has 0 aliphatic carbocycles. The molecule has 2 N–H and O–H groups in total. The van der Waals surface area contributed by atoms with Crippen molar-refractivity contribution in [2.24, 2.45) is 0 Å². The summed E-state index contributed by atoms with van der Waals surface area (Å²) in [6.45, 7) is 3.66. The highest BCUT2D eigenvalue weighted by Gasteiger charge is 2.16. The van der Waals surface area contributed by atoms with Gasteiger partial charge in [0.2, 0.25) is 0 Å². The third kappa shape index (κ3) is 2.08. The fraction of sp³-hybridized carbons (Fsp3) is 0.333. The maximum absolute atomic E-state index is 12.9. The van der Waals surface area contributed by atoms with Crippen molar-refractivity contribution in [2.75, 3.05) is 0 Å². The minimum atomic E-state index is -1.60. The zero-order valence-corrected chi connectivity index (χ0v) is 7.71. The van der Waals surface area contributed by atoms with E-state index in [1.807, 2.05) is 6.92 Å². The van der Waals surface area contributed by atoms with E-state index in [4.69, 9.17) is 10.0 Å². The lowest BCUT2D eigenvalue weighted by Crippen LogP contribution is -2.33. The van der Waals surface area contributed by atoms with Gasteiger partial charge in [0.1, 0.15) is 5.82 Å². The average molecular weight is 182 g/mol. The Hall–Kier alpha value is -0.865. The van der Waals surface area contributed by atoms with Gasteiger partial charge in [0, 0.05) is 0 Å². The van der Waals surface area contributed by atoms with E-state index in [1.165, 1.54) is 6.07 Å². The zero-order chi connectivity index (χ0) is 10.0. The van der Waals surface area contributed by atoms with Crippen LogP contribution in [0, 0.1) is 12.7 Å². The Kier molecular flexibility index (Phi) is 3.06. The quantitative estimate of drug-likeness (QED) is 0.649. The number of hydrogen-bond acceptors (Lipinski definition) is 2. The molecule has 0 amide bonds. The second kappa shape index (κ2) is 3.90. The highest BCUT2D eigenvalue weighted by Crippen LogP contribution is 2.09. The minimum absolute atomic E-state index is 0.247. The first-order valence-electron chi connectivity index (χ1n) is 4.21. The van der Waals surface area contributed by atoms with Crippen molar-refractivity contribution in [3.05, 3.63) is 29.1 Å². The maximum Gasteiger partial charge on any atom is 0.488 e. The van der Waals surface area contributed by atoms with Gasteiger partial charge in [-0.15, -0.1) is 0 Å². The Labute approximate surface area is 77.2 Å². The SMILES string of the molecule is CCc1cc(F)cc(B(O)O)c1C. The molecule has 4 heteroatoms. The normalized spacial score (nSPS) is 10.2. The van der Waals surface area contributed by atoms with Crippen LogP contribution < -0.4 is 5.46 Å². The monoisotopic (exact) mass is 182 g/mol. The van der Waals surface area contributed by atoms with Crippen molar-refractivity contribution < 1.29 is 14.4 Å². The molecule has 0 aliphatic rings. The van der Waals surface area contributed by atoms with Crippen LogP contribution in [0.2, 0.25) is 0 Å². The molecule has 0 atom stereocenters. The molecule has 13 heavy (non-hydrogen) atoms. The Morgan fingerprint density at radius 1 is 1.38 bits per heavy atom. The van der Waals surface area contributed by atoms with Crippen molar-refractivity contribution in [3.8, 4) is 0 Å². The number of halogens is 1. The highest BCUT2D eigenvalue weighted by atomic mass is 19.1. The molecular formula is C9H12BFO2. The summed E-state index contributed by atoms with van der Waals surface area (Å²) in [5.41, 5.74) is 1.80. The van der Waals surface area contributed by atoms with Gasteiger partial charge in [0.25, 0.3) is 0 Å². The molecule has 0 unspecified atom stereocenters. The molecule has 0 fully saturated rings. The first kappa shape index (κ1) is 10.2. The van der Waals surface area contributed by atoms with Crippen molar-refractivity contribution in [1.29, 1.82) is 0 Å². The van der Waals surface area contributed by atoms with Gasteiger partial charge in [0.15, 0.2) is 0 Å². The lowest BCUT2D eigenvalue weighted by molar-refractivity contribution is 0.425. The third-order valence-corrected chi connectivity index (χ3v) is 2.18. The largest absolute Gasteiger partial charge is 0.488 e. The molecule has 0 aromatic heterocycles. The standard InChI is InChI=1S/C9H12BFO2/c1-3-7-4-8(11)5-9(6(7)2)10(12)13/h4-5,12-13H,3H2,1-2H3. The number of aryl methyl sites for hydroxylation is 1. The first-order valence-corrected chi connectivity index (χ1v) is 4.21. The molecule has 2 nitrogen and oxygen atoms in total. The third-order valence-electron chi connectivity index (χ3n) is 2.18. The van der Waals surface area contributed by atoms with E-state index in [0.29, 0.717) is 6.42 Å². The predicted octanol–water partition coefficient (Wildman–Crippen LogP) is 0.376. The molecular weight excluding hydrogens is 170 g/mol. The van der Waals surface area contributed by atoms with Crippen molar-refractivity contribution in [3.63, 3.8) is 0 Å². The second-order valence-electron chi connectivity index (χ2n) is 3.01. The van der Waals surface area contributed by atoms with Crippen molar-refractivity contribution in [1.82, 2.24) is 0 Å². The Balaban J connectivity index is 3.27. The number of hydrogen-bond donors (Lipinski definition) is 2. The van der Waals surface area contributed by atoms with Gasteiger partial charge in [-0.3, -0.25) is 0 Å². The smallest absolute Gasteiger partial charge is 0.423 e. The summed E-state index contributed by atoms with van der Waals surface area (Å²) in [6, 6.07) is 2.57. The second-order valence-corrected chi connectivity index (χ2v) is 3.01. The van der Waals surface area contributed by atoms with Crippen LogP contribution in [0.3, 0.4) is 0 Å². The van der Waals surface area contributed by atoms with Crippen molar-refractivity contribution in [2.45, 2.75) is 20.3 Å². The van der Waals surface area contributed by atoms with E-state index >= 15 is 0 Å². The van der Waals surface area contributed by atoms with Crippen LogP contribution in [0.15, 0.2) is 12.1 Å². The molecule has 1 rings (SSSR count). The average Bonchev–Trinajstić information content (AvgIpc) is 2.08. The first-order chi connectivity index (χ1) is 6.06. The Morgan fingerprint density at radius 2 is 2.00 bits per heavy atom. The molecule has 0 spiro atoms. The van der Waals surface area contributed by atoms with Gasteiger partial charge < -0.3 is 10.0 Å². The van der Waals surface area contributed by atoms with E-state index in [2.05, 4.69) is 0 Å². The molecule has 70 valence electrons. The van der Waals surface area contributed by atoms with Crippen molar-refractivity contribution >= 4 is 12.6 Å². The summed E-state index contributed by atoms with van der Waals surface area (Å²) in [5.74, 6) is -0.425. The van der Waals surface area contributed by atoms with E-state index in [-0.39, 0.29) is 5.46 Å². The van der Waals surface area contributed by atoms with Gasteiger partial charge in [0.05, 0.1) is 0 Å². The van der Waals surface area contributed by atoms with Gasteiger partial charge >= 0.3 is 7.12 Å². The minimum Gasteiger partial charge on any atom is -0.423 e. The van der Waals surface area contributed by atoms with Crippen LogP contribution in [0.1, 0.15) is 18.1 Å². The van der Waals surface area contributed by atoms with Crippen LogP contribution in [0.5, 0.6) is 0 Å². The van der Waals surface area contributed by atoms with Crippen LogP contribution >= 0.6 is 0 Å². The Morgan fingerprint density at radius 3 is 2.46 bits per heavy atom. The van der Waals surface area contributed by atoms with E-state index < -0.39 is 12.9 Å². The molecule has 1 aromatic rings. The molecule has 0 aliphatic heterocycles. The summed E-state index contributed by atoms with van der Waals surface area (Å²) < 4.78 is 12.9. The topological polar surface area (TPSA) is 40.5 Å². The predicted molar refractivity (Wildman–Crippen MR) is 50.3 cm³/mol. The lowest BCUT2D eigenvalue weighted by Gasteiger charge is -2.09. The summed E-state index contributed by atoms with van der Waals surface area (Å²) in [5, 5.41) is 17.9. The molecule has 1 aromatic carbocycles. The van der Waals surface area contributed by atoms with Gasteiger partial charge in [-0.05, 0) is 42.1 Å². The molecule has 0 saturated carbocycles. The molecule has 0 bridgehead atoms. The maximum atomic E-state index is 12.9. The molecule has 0 saturated heterocycles. The fourth-order valence-electron chi connectivity index (χ4n) is 1.39. The molecule has 0 radical (unpaired) electrons. The van der Waals surface area contributed by atoms with Crippen LogP contribution in [0.4, 0.5) is 4.39 Å². The van der Waals surface area contributed by atoms with Gasteiger partial charge in [-0.25, -0.2) is 4.39 Å². The highest BCUT2D eigenvalue weighted by molar-refractivity contribution is 6.59. The van der Waals surface area contributed by atoms with E-state index in [9.17, 15) is 4.39 Å². The summed E-state index contributed by atoms with van der Waals surface area (Å²) in [7, 11) is -1.60. The van der Waals surface area contributed by atoms with Gasteiger partial charge in [-0.2, -0.15) is 0 Å². The van der Waals surface area contributed by atoms with E-state index in [0.717, 1.165) is 17.2 Å². The van der Waals surface area contributed by atoms with Crippen LogP contribution in [-0.4, -0.2) is 17.2 Å².